The van der Waals surface area contributed by atoms with Crippen molar-refractivity contribution in [2.24, 2.45) is 5.92 Å². The van der Waals surface area contributed by atoms with Crippen molar-refractivity contribution in [2.45, 2.75) is 109 Å². The molecule has 1 unspecified atom stereocenters. The van der Waals surface area contributed by atoms with Crippen LogP contribution in [0.3, 0.4) is 0 Å². The molecule has 1 saturated heterocycles. The first-order valence-electron chi connectivity index (χ1n) is 11.8. The molecule has 1 heterocycles. The lowest BCUT2D eigenvalue weighted by Gasteiger charge is -2.43. The van der Waals surface area contributed by atoms with Crippen molar-refractivity contribution in [3.8, 4) is 0 Å². The van der Waals surface area contributed by atoms with Crippen LogP contribution in [0.15, 0.2) is 30.3 Å². The van der Waals surface area contributed by atoms with Gasteiger partial charge in [0, 0.05) is 5.92 Å². The summed E-state index contributed by atoms with van der Waals surface area (Å²) < 4.78 is 26.2. The van der Waals surface area contributed by atoms with Crippen LogP contribution in [0.1, 0.15) is 47.1 Å². The third-order valence-electron chi connectivity index (χ3n) is 7.95. The van der Waals surface area contributed by atoms with Gasteiger partial charge in [-0.2, -0.15) is 0 Å². The zero-order valence-corrected chi connectivity index (χ0v) is 23.3. The summed E-state index contributed by atoms with van der Waals surface area (Å²) >= 11 is 0. The summed E-state index contributed by atoms with van der Waals surface area (Å²) in [6.45, 7) is 24.3. The monoisotopic (exact) mass is 464 g/mol. The van der Waals surface area contributed by atoms with Crippen molar-refractivity contribution >= 4 is 16.6 Å². The highest BCUT2D eigenvalue weighted by molar-refractivity contribution is 6.74. The van der Waals surface area contributed by atoms with Crippen LogP contribution >= 0.6 is 0 Å². The smallest absolute Gasteiger partial charge is 0.192 e. The quantitative estimate of drug-likeness (QED) is 0.330. The SMILES string of the molecule is CC(C)(C)[Si](C)(C)O[C@@H]1C(COCc2ccccc2)[C@H](O[Si](C)(C)C(C)(C)C)[C@H]2O[C@H]21. The molecule has 1 aromatic rings. The molecule has 1 aliphatic heterocycles. The lowest BCUT2D eigenvalue weighted by Crippen LogP contribution is -2.51. The Balaban J connectivity index is 1.77. The molecule has 0 amide bonds. The van der Waals surface area contributed by atoms with Gasteiger partial charge < -0.3 is 18.3 Å². The molecular formula is C25H44O4Si2. The third kappa shape index (κ3) is 5.53. The van der Waals surface area contributed by atoms with E-state index >= 15 is 0 Å². The predicted octanol–water partition coefficient (Wildman–Crippen LogP) is 6.38. The van der Waals surface area contributed by atoms with Crippen LogP contribution in [0.4, 0.5) is 0 Å². The van der Waals surface area contributed by atoms with E-state index in [1.54, 1.807) is 0 Å². The number of hydrogen-bond donors (Lipinski definition) is 0. The second-order valence-electron chi connectivity index (χ2n) is 12.4. The van der Waals surface area contributed by atoms with E-state index in [9.17, 15) is 0 Å². The van der Waals surface area contributed by atoms with Gasteiger partial charge in [-0.25, -0.2) is 0 Å². The van der Waals surface area contributed by atoms with E-state index in [1.807, 2.05) is 6.07 Å². The molecule has 2 fully saturated rings. The summed E-state index contributed by atoms with van der Waals surface area (Å²) in [7, 11) is -3.87. The minimum Gasteiger partial charge on any atom is -0.411 e. The minimum atomic E-state index is -1.93. The molecule has 6 heteroatoms. The molecule has 0 aromatic heterocycles. The molecule has 1 aromatic carbocycles. The standard InChI is InChI=1S/C25H44O4Si2/c1-24(2,3)30(7,8)28-20-19(17-26-16-18-14-12-11-13-15-18)21(23-22(20)27-23)29-31(9,10)25(4,5)6/h11-15,19-23H,16-17H2,1-10H3/t19?,20-,21+,22+,23-. The van der Waals surface area contributed by atoms with Crippen LogP contribution in [0, 0.1) is 5.92 Å². The maximum Gasteiger partial charge on any atom is 0.192 e. The van der Waals surface area contributed by atoms with E-state index in [0.717, 1.165) is 0 Å². The Morgan fingerprint density at radius 3 is 1.65 bits per heavy atom. The summed E-state index contributed by atoms with van der Waals surface area (Å²) in [5, 5.41) is 0.316. The first-order valence-corrected chi connectivity index (χ1v) is 17.6. The number of benzene rings is 1. The molecule has 5 atom stereocenters. The fourth-order valence-corrected chi connectivity index (χ4v) is 6.44. The molecule has 176 valence electrons. The van der Waals surface area contributed by atoms with Gasteiger partial charge in [-0.15, -0.1) is 0 Å². The van der Waals surface area contributed by atoms with Crippen LogP contribution in [0.2, 0.25) is 36.3 Å². The van der Waals surface area contributed by atoms with Gasteiger partial charge in [0.25, 0.3) is 0 Å². The zero-order valence-electron chi connectivity index (χ0n) is 21.3. The Labute approximate surface area is 192 Å². The van der Waals surface area contributed by atoms with E-state index in [2.05, 4.69) is 92.0 Å². The Hall–Kier alpha value is -0.506. The van der Waals surface area contributed by atoms with E-state index in [0.29, 0.717) is 13.2 Å². The topological polar surface area (TPSA) is 40.2 Å². The third-order valence-corrected chi connectivity index (χ3v) is 16.9. The van der Waals surface area contributed by atoms with Gasteiger partial charge in [-0.05, 0) is 41.8 Å². The number of ether oxygens (including phenoxy) is 2. The van der Waals surface area contributed by atoms with E-state index in [4.69, 9.17) is 18.3 Å². The zero-order chi connectivity index (χ0) is 23.2. The Kier molecular flexibility index (Phi) is 7.04. The normalized spacial score (nSPS) is 29.2. The first kappa shape index (κ1) is 25.1. The lowest BCUT2D eigenvalue weighted by atomic mass is 10.0. The summed E-state index contributed by atoms with van der Waals surface area (Å²) in [5.41, 5.74) is 1.20. The molecule has 0 spiro atoms. The van der Waals surface area contributed by atoms with Crippen molar-refractivity contribution in [2.75, 3.05) is 6.61 Å². The second-order valence-corrected chi connectivity index (χ2v) is 21.9. The largest absolute Gasteiger partial charge is 0.411 e. The van der Waals surface area contributed by atoms with Crippen LogP contribution in [-0.2, 0) is 24.9 Å². The van der Waals surface area contributed by atoms with Gasteiger partial charge in [0.1, 0.15) is 12.2 Å². The molecule has 0 bridgehead atoms. The number of rotatable bonds is 8. The average molecular weight is 465 g/mol. The van der Waals surface area contributed by atoms with Crippen LogP contribution in [-0.4, -0.2) is 47.7 Å². The van der Waals surface area contributed by atoms with E-state index in [-0.39, 0.29) is 40.4 Å². The van der Waals surface area contributed by atoms with Gasteiger partial charge in [-0.3, -0.25) is 0 Å². The fourth-order valence-electron chi connectivity index (χ4n) is 3.76. The number of hydrogen-bond acceptors (Lipinski definition) is 4. The van der Waals surface area contributed by atoms with Crippen molar-refractivity contribution < 1.29 is 18.3 Å². The molecule has 2 aliphatic rings. The summed E-state index contributed by atoms with van der Waals surface area (Å²) in [6, 6.07) is 10.4. The van der Waals surface area contributed by atoms with E-state index < -0.39 is 16.6 Å². The fraction of sp³-hybridized carbons (Fsp3) is 0.760. The maximum atomic E-state index is 6.93. The van der Waals surface area contributed by atoms with Crippen molar-refractivity contribution in [1.29, 1.82) is 0 Å². The highest BCUT2D eigenvalue weighted by Gasteiger charge is 2.65. The molecule has 31 heavy (non-hydrogen) atoms. The van der Waals surface area contributed by atoms with Gasteiger partial charge in [0.15, 0.2) is 16.6 Å². The van der Waals surface area contributed by atoms with Gasteiger partial charge in [0.05, 0.1) is 25.4 Å². The first-order chi connectivity index (χ1) is 14.1. The Bertz CT molecular complexity index is 696. The summed E-state index contributed by atoms with van der Waals surface area (Å²) in [4.78, 5) is 0. The highest BCUT2D eigenvalue weighted by atomic mass is 28.4. The minimum absolute atomic E-state index is 0.0523. The number of fused-ring (bicyclic) bond motifs is 1. The highest BCUT2D eigenvalue weighted by Crippen LogP contribution is 2.51. The van der Waals surface area contributed by atoms with Gasteiger partial charge in [0.2, 0.25) is 0 Å². The van der Waals surface area contributed by atoms with Crippen LogP contribution in [0.5, 0.6) is 0 Å². The van der Waals surface area contributed by atoms with E-state index in [1.165, 1.54) is 5.56 Å². The molecule has 1 saturated carbocycles. The van der Waals surface area contributed by atoms with Crippen molar-refractivity contribution in [3.05, 3.63) is 35.9 Å². The summed E-state index contributed by atoms with van der Waals surface area (Å²) in [5.74, 6) is 0.204. The van der Waals surface area contributed by atoms with Crippen molar-refractivity contribution in [1.82, 2.24) is 0 Å². The summed E-state index contributed by atoms with van der Waals surface area (Å²) in [6.07, 6.45) is 0.399. The molecule has 1 aliphatic carbocycles. The molecule has 0 radical (unpaired) electrons. The lowest BCUT2D eigenvalue weighted by molar-refractivity contribution is -0.0418. The second kappa shape index (κ2) is 8.69. The predicted molar refractivity (Wildman–Crippen MR) is 132 cm³/mol. The van der Waals surface area contributed by atoms with Gasteiger partial charge >= 0.3 is 0 Å². The van der Waals surface area contributed by atoms with Crippen LogP contribution < -0.4 is 0 Å². The van der Waals surface area contributed by atoms with Crippen molar-refractivity contribution in [3.63, 3.8) is 0 Å². The molecule has 4 nitrogen and oxygen atoms in total. The molecular weight excluding hydrogens is 420 g/mol. The maximum absolute atomic E-state index is 6.93. The Morgan fingerprint density at radius 1 is 0.774 bits per heavy atom. The van der Waals surface area contributed by atoms with Gasteiger partial charge in [-0.1, -0.05) is 71.9 Å². The average Bonchev–Trinajstić information content (AvgIpc) is 3.36. The molecule has 3 rings (SSSR count). The van der Waals surface area contributed by atoms with Crippen LogP contribution in [0.25, 0.3) is 0 Å². The molecule has 0 N–H and O–H groups in total. The number of epoxide rings is 1. The Morgan fingerprint density at radius 2 is 1.23 bits per heavy atom.